The summed E-state index contributed by atoms with van der Waals surface area (Å²) in [7, 11) is 1.14. The fourth-order valence-electron chi connectivity index (χ4n) is 0.967. The van der Waals surface area contributed by atoms with Crippen LogP contribution in [0.15, 0.2) is 12.1 Å². The van der Waals surface area contributed by atoms with E-state index in [0.29, 0.717) is 0 Å². The second-order valence-corrected chi connectivity index (χ2v) is 2.61. The highest BCUT2D eigenvalue weighted by molar-refractivity contribution is 5.87. The summed E-state index contributed by atoms with van der Waals surface area (Å²) >= 11 is 0. The number of aromatic nitrogens is 1. The third kappa shape index (κ3) is 4.15. The minimum atomic E-state index is -0.784. The Morgan fingerprint density at radius 3 is 2.53 bits per heavy atom. The fraction of sp³-hybridized carbons (Fsp3) is 0.400. The molecule has 0 aliphatic carbocycles. The summed E-state index contributed by atoms with van der Waals surface area (Å²) in [6, 6.07) is 2.08. The van der Waals surface area contributed by atoms with Gasteiger partial charge in [-0.05, 0) is 0 Å². The van der Waals surface area contributed by atoms with Crippen molar-refractivity contribution in [3.8, 4) is 0 Å². The fourth-order valence-corrected chi connectivity index (χ4v) is 0.967. The Balaban J connectivity index is 0.00000121. The van der Waals surface area contributed by atoms with Crippen molar-refractivity contribution in [1.29, 1.82) is 0 Å². The van der Waals surface area contributed by atoms with E-state index in [9.17, 15) is 14.9 Å². The Hall–Kier alpha value is -2.02. The highest BCUT2D eigenvalue weighted by Gasteiger charge is 2.15. The van der Waals surface area contributed by atoms with Gasteiger partial charge in [0, 0.05) is 12.1 Å². The van der Waals surface area contributed by atoms with Gasteiger partial charge in [0.15, 0.2) is 5.69 Å². The Morgan fingerprint density at radius 1 is 1.53 bits per heavy atom. The van der Waals surface area contributed by atoms with Crippen LogP contribution in [-0.2, 0) is 11.3 Å². The average Bonchev–Trinajstić information content (AvgIpc) is 2.39. The molecule has 0 unspecified atom stereocenters. The number of esters is 1. The molecule has 0 saturated carbocycles. The van der Waals surface area contributed by atoms with Crippen LogP contribution in [0.5, 0.6) is 0 Å². The summed E-state index contributed by atoms with van der Waals surface area (Å²) in [6.07, 6.45) is 0. The van der Waals surface area contributed by atoms with Gasteiger partial charge in [0.2, 0.25) is 0 Å². The summed E-state index contributed by atoms with van der Waals surface area (Å²) in [5.74, 6) is -0.784. The minimum Gasteiger partial charge on any atom is -0.464 e. The number of rotatable bonds is 3. The molecule has 0 aliphatic heterocycles. The number of aliphatic hydroxyl groups is 1. The largest absolute Gasteiger partial charge is 0.464 e. The van der Waals surface area contributed by atoms with Crippen molar-refractivity contribution in [2.45, 2.75) is 20.5 Å². The lowest BCUT2D eigenvalue weighted by Gasteiger charge is -2.01. The van der Waals surface area contributed by atoms with Crippen molar-refractivity contribution in [1.82, 2.24) is 4.98 Å². The predicted octanol–water partition coefficient (Wildman–Crippen LogP) is 1.29. The first-order valence-electron chi connectivity index (χ1n) is 4.93. The van der Waals surface area contributed by atoms with E-state index < -0.39 is 17.5 Å². The SMILES string of the molecule is CC.COC(=O)c1cc([N+](=O)[O-])cc(CO)n1. The van der Waals surface area contributed by atoms with E-state index in [2.05, 4.69) is 9.72 Å². The molecule has 1 rings (SSSR count). The van der Waals surface area contributed by atoms with Crippen molar-refractivity contribution < 1.29 is 19.6 Å². The number of nitrogens with zero attached hydrogens (tertiary/aromatic N) is 2. The van der Waals surface area contributed by atoms with Gasteiger partial charge >= 0.3 is 5.97 Å². The molecule has 0 spiro atoms. The maximum Gasteiger partial charge on any atom is 0.356 e. The molecule has 7 nitrogen and oxygen atoms in total. The predicted molar refractivity (Wildman–Crippen MR) is 59.5 cm³/mol. The van der Waals surface area contributed by atoms with Crippen LogP contribution in [-0.4, -0.2) is 28.1 Å². The number of hydrogen-bond acceptors (Lipinski definition) is 6. The van der Waals surface area contributed by atoms with Crippen molar-refractivity contribution in [2.24, 2.45) is 0 Å². The number of nitro groups is 1. The van der Waals surface area contributed by atoms with Crippen LogP contribution in [0.2, 0.25) is 0 Å². The molecule has 1 heterocycles. The van der Waals surface area contributed by atoms with E-state index in [-0.39, 0.29) is 17.1 Å². The number of ether oxygens (including phenoxy) is 1. The average molecular weight is 242 g/mol. The molecule has 94 valence electrons. The summed E-state index contributed by atoms with van der Waals surface area (Å²) in [6.45, 7) is 3.52. The topological polar surface area (TPSA) is 103 Å². The van der Waals surface area contributed by atoms with Crippen molar-refractivity contribution in [3.63, 3.8) is 0 Å². The number of carbonyl (C=O) groups is 1. The maximum atomic E-state index is 11.1. The van der Waals surface area contributed by atoms with E-state index in [0.717, 1.165) is 19.2 Å². The van der Waals surface area contributed by atoms with Gasteiger partial charge in [0.1, 0.15) is 0 Å². The zero-order valence-electron chi connectivity index (χ0n) is 9.84. The number of hydrogen-bond donors (Lipinski definition) is 1. The van der Waals surface area contributed by atoms with Gasteiger partial charge in [-0.3, -0.25) is 10.1 Å². The first-order chi connectivity index (χ1) is 8.08. The van der Waals surface area contributed by atoms with Crippen LogP contribution in [0.25, 0.3) is 0 Å². The summed E-state index contributed by atoms with van der Waals surface area (Å²) < 4.78 is 4.36. The molecule has 1 aromatic rings. The Labute approximate surface area is 98.2 Å². The highest BCUT2D eigenvalue weighted by atomic mass is 16.6. The molecule has 1 N–H and O–H groups in total. The Kier molecular flexibility index (Phi) is 6.42. The van der Waals surface area contributed by atoms with Gasteiger partial charge in [-0.25, -0.2) is 9.78 Å². The van der Waals surface area contributed by atoms with Gasteiger partial charge in [0.05, 0.1) is 24.3 Å². The molecular formula is C10H14N2O5. The third-order valence-electron chi connectivity index (χ3n) is 1.63. The van der Waals surface area contributed by atoms with Gasteiger partial charge in [0.25, 0.3) is 5.69 Å². The molecule has 0 bridgehead atoms. The van der Waals surface area contributed by atoms with E-state index in [4.69, 9.17) is 5.11 Å². The zero-order chi connectivity index (χ0) is 13.4. The molecule has 0 amide bonds. The van der Waals surface area contributed by atoms with Gasteiger partial charge < -0.3 is 9.84 Å². The van der Waals surface area contributed by atoms with Crippen molar-refractivity contribution in [2.75, 3.05) is 7.11 Å². The normalized spacial score (nSPS) is 8.94. The highest BCUT2D eigenvalue weighted by Crippen LogP contribution is 2.14. The minimum absolute atomic E-state index is 0.0459. The molecule has 17 heavy (non-hydrogen) atoms. The Bertz CT molecular complexity index is 406. The molecule has 0 aliphatic rings. The van der Waals surface area contributed by atoms with E-state index in [1.165, 1.54) is 0 Å². The summed E-state index contributed by atoms with van der Waals surface area (Å²) in [5, 5.41) is 19.3. The van der Waals surface area contributed by atoms with Crippen LogP contribution < -0.4 is 0 Å². The molecule has 0 saturated heterocycles. The van der Waals surface area contributed by atoms with Crippen LogP contribution in [0.4, 0.5) is 5.69 Å². The lowest BCUT2D eigenvalue weighted by molar-refractivity contribution is -0.385. The van der Waals surface area contributed by atoms with Crippen LogP contribution in [0.3, 0.4) is 0 Å². The van der Waals surface area contributed by atoms with Gasteiger partial charge in [-0.15, -0.1) is 0 Å². The zero-order valence-corrected chi connectivity index (χ0v) is 9.84. The number of carbonyl (C=O) groups excluding carboxylic acids is 1. The molecule has 7 heteroatoms. The van der Waals surface area contributed by atoms with Crippen molar-refractivity contribution >= 4 is 11.7 Å². The number of methoxy groups -OCH3 is 1. The number of aliphatic hydroxyl groups excluding tert-OH is 1. The monoisotopic (exact) mass is 242 g/mol. The van der Waals surface area contributed by atoms with Crippen molar-refractivity contribution in [3.05, 3.63) is 33.6 Å². The number of pyridine rings is 1. The molecule has 0 radical (unpaired) electrons. The van der Waals surface area contributed by atoms with E-state index in [1.54, 1.807) is 0 Å². The summed E-state index contributed by atoms with van der Waals surface area (Å²) in [4.78, 5) is 24.5. The second kappa shape index (κ2) is 7.29. The van der Waals surface area contributed by atoms with Gasteiger partial charge in [-0.2, -0.15) is 0 Å². The lowest BCUT2D eigenvalue weighted by atomic mass is 10.2. The molecule has 0 aromatic carbocycles. The first-order valence-corrected chi connectivity index (χ1v) is 4.93. The van der Waals surface area contributed by atoms with Gasteiger partial charge in [-0.1, -0.05) is 13.8 Å². The smallest absolute Gasteiger partial charge is 0.356 e. The Morgan fingerprint density at radius 2 is 2.12 bits per heavy atom. The van der Waals surface area contributed by atoms with E-state index >= 15 is 0 Å². The first kappa shape index (κ1) is 15.0. The van der Waals surface area contributed by atoms with Crippen LogP contribution >= 0.6 is 0 Å². The standard InChI is InChI=1S/C8H8N2O5.C2H6/c1-15-8(12)7-3-6(10(13)14)2-5(4-11)9-7;1-2/h2-3,11H,4H2,1H3;1-2H3. The second-order valence-electron chi connectivity index (χ2n) is 2.61. The maximum absolute atomic E-state index is 11.1. The summed E-state index contributed by atoms with van der Waals surface area (Å²) in [5.41, 5.74) is -0.463. The van der Waals surface area contributed by atoms with E-state index in [1.807, 2.05) is 13.8 Å². The lowest BCUT2D eigenvalue weighted by Crippen LogP contribution is -2.07. The van der Waals surface area contributed by atoms with Crippen LogP contribution in [0.1, 0.15) is 30.0 Å². The molecule has 1 aromatic heterocycles. The molecular weight excluding hydrogens is 228 g/mol. The third-order valence-corrected chi connectivity index (χ3v) is 1.63. The van der Waals surface area contributed by atoms with Crippen LogP contribution in [0, 0.1) is 10.1 Å². The quantitative estimate of drug-likeness (QED) is 0.486. The molecule has 0 fully saturated rings. The molecule has 0 atom stereocenters.